The molecule has 0 saturated carbocycles. The van der Waals surface area contributed by atoms with Crippen LogP contribution in [-0.4, -0.2) is 45.4 Å². The smallest absolute Gasteiger partial charge is 0.158 e. The first kappa shape index (κ1) is 10.5. The summed E-state index contributed by atoms with van der Waals surface area (Å²) >= 11 is 0. The quantitative estimate of drug-likeness (QED) is 0.848. The first-order chi connectivity index (χ1) is 8.43. The normalized spacial score (nSPS) is 20.6. The van der Waals surface area contributed by atoms with Crippen LogP contribution in [0.15, 0.2) is 24.9 Å². The van der Waals surface area contributed by atoms with Crippen LogP contribution in [0, 0.1) is 0 Å². The first-order valence-electron chi connectivity index (χ1n) is 5.63. The molecule has 17 heavy (non-hydrogen) atoms. The number of nitrogens with one attached hydrogen (secondary N) is 1. The van der Waals surface area contributed by atoms with Gasteiger partial charge in [0.25, 0.3) is 0 Å². The van der Waals surface area contributed by atoms with E-state index in [1.54, 1.807) is 18.7 Å². The molecular formula is C11H14N4O2. The third-order valence-corrected chi connectivity index (χ3v) is 2.74. The summed E-state index contributed by atoms with van der Waals surface area (Å²) in [5.41, 5.74) is 0.909. The number of hydrogen-bond acceptors (Lipinski definition) is 4. The van der Waals surface area contributed by atoms with Crippen molar-refractivity contribution in [2.45, 2.75) is 12.6 Å². The van der Waals surface area contributed by atoms with Crippen molar-refractivity contribution in [1.82, 2.24) is 19.5 Å². The van der Waals surface area contributed by atoms with Crippen LogP contribution in [0.4, 0.5) is 0 Å². The molecule has 1 aliphatic heterocycles. The molecule has 1 atom stereocenters. The second-order valence-electron chi connectivity index (χ2n) is 3.94. The zero-order valence-electron chi connectivity index (χ0n) is 9.37. The van der Waals surface area contributed by atoms with Gasteiger partial charge in [-0.15, -0.1) is 0 Å². The summed E-state index contributed by atoms with van der Waals surface area (Å²) in [6.45, 7) is 2.74. The molecule has 0 bridgehead atoms. The van der Waals surface area contributed by atoms with E-state index in [0.29, 0.717) is 19.8 Å². The SMILES string of the molecule is c1cn(CC2COCCO2)c(-c2cnc[nH]2)n1. The van der Waals surface area contributed by atoms with Crippen molar-refractivity contribution < 1.29 is 9.47 Å². The van der Waals surface area contributed by atoms with Gasteiger partial charge in [0.2, 0.25) is 0 Å². The second kappa shape index (κ2) is 4.68. The Hall–Kier alpha value is -1.66. The van der Waals surface area contributed by atoms with E-state index >= 15 is 0 Å². The van der Waals surface area contributed by atoms with Crippen molar-refractivity contribution in [3.8, 4) is 11.5 Å². The van der Waals surface area contributed by atoms with Gasteiger partial charge in [0, 0.05) is 12.4 Å². The van der Waals surface area contributed by atoms with Crippen LogP contribution in [0.25, 0.3) is 11.5 Å². The van der Waals surface area contributed by atoms with E-state index in [9.17, 15) is 0 Å². The lowest BCUT2D eigenvalue weighted by molar-refractivity contribution is -0.0934. The van der Waals surface area contributed by atoms with Crippen LogP contribution in [0.2, 0.25) is 0 Å². The van der Waals surface area contributed by atoms with Crippen molar-refractivity contribution in [3.63, 3.8) is 0 Å². The molecule has 6 nitrogen and oxygen atoms in total. The van der Waals surface area contributed by atoms with Gasteiger partial charge < -0.3 is 19.0 Å². The van der Waals surface area contributed by atoms with Gasteiger partial charge in [0.15, 0.2) is 5.82 Å². The minimum Gasteiger partial charge on any atom is -0.376 e. The highest BCUT2D eigenvalue weighted by Gasteiger charge is 2.17. The number of aromatic nitrogens is 4. The molecule has 0 amide bonds. The Kier molecular flexibility index (Phi) is 2.89. The minimum absolute atomic E-state index is 0.0969. The summed E-state index contributed by atoms with van der Waals surface area (Å²) in [5.74, 6) is 0.872. The Labute approximate surface area is 98.6 Å². The highest BCUT2D eigenvalue weighted by Crippen LogP contribution is 2.15. The van der Waals surface area contributed by atoms with E-state index in [0.717, 1.165) is 18.1 Å². The third-order valence-electron chi connectivity index (χ3n) is 2.74. The number of ether oxygens (including phenoxy) is 2. The summed E-state index contributed by atoms with van der Waals surface area (Å²) in [5, 5.41) is 0. The molecule has 6 heteroatoms. The van der Waals surface area contributed by atoms with Gasteiger partial charge in [-0.25, -0.2) is 9.97 Å². The van der Waals surface area contributed by atoms with Crippen LogP contribution in [0.3, 0.4) is 0 Å². The Morgan fingerprint density at radius 2 is 2.47 bits per heavy atom. The number of aromatic amines is 1. The van der Waals surface area contributed by atoms with Gasteiger partial charge in [0.1, 0.15) is 5.69 Å². The fraction of sp³-hybridized carbons (Fsp3) is 0.455. The van der Waals surface area contributed by atoms with Gasteiger partial charge in [-0.05, 0) is 0 Å². The molecule has 90 valence electrons. The lowest BCUT2D eigenvalue weighted by atomic mass is 10.3. The van der Waals surface area contributed by atoms with Crippen molar-refractivity contribution in [2.75, 3.05) is 19.8 Å². The predicted molar refractivity (Wildman–Crippen MR) is 60.4 cm³/mol. The van der Waals surface area contributed by atoms with Gasteiger partial charge >= 0.3 is 0 Å². The van der Waals surface area contributed by atoms with E-state index in [-0.39, 0.29) is 6.10 Å². The number of hydrogen-bond donors (Lipinski definition) is 1. The van der Waals surface area contributed by atoms with Crippen LogP contribution >= 0.6 is 0 Å². The van der Waals surface area contributed by atoms with E-state index in [2.05, 4.69) is 15.0 Å². The monoisotopic (exact) mass is 234 g/mol. The topological polar surface area (TPSA) is 65.0 Å². The molecule has 0 spiro atoms. The van der Waals surface area contributed by atoms with E-state index in [4.69, 9.17) is 9.47 Å². The molecule has 2 aromatic rings. The van der Waals surface area contributed by atoms with Crippen molar-refractivity contribution in [2.24, 2.45) is 0 Å². The lowest BCUT2D eigenvalue weighted by Crippen LogP contribution is -2.32. The molecule has 2 aromatic heterocycles. The Bertz CT molecular complexity index is 460. The zero-order valence-corrected chi connectivity index (χ0v) is 9.37. The number of rotatable bonds is 3. The maximum Gasteiger partial charge on any atom is 0.158 e. The fourth-order valence-corrected chi connectivity index (χ4v) is 1.94. The lowest BCUT2D eigenvalue weighted by Gasteiger charge is -2.23. The van der Waals surface area contributed by atoms with E-state index in [1.165, 1.54) is 0 Å². The fourth-order valence-electron chi connectivity index (χ4n) is 1.94. The van der Waals surface area contributed by atoms with Crippen LogP contribution < -0.4 is 0 Å². The Balaban J connectivity index is 1.77. The van der Waals surface area contributed by atoms with Crippen LogP contribution in [0.1, 0.15) is 0 Å². The Morgan fingerprint density at radius 1 is 1.47 bits per heavy atom. The summed E-state index contributed by atoms with van der Waals surface area (Å²) in [7, 11) is 0. The minimum atomic E-state index is 0.0969. The maximum absolute atomic E-state index is 5.62. The molecule has 0 aromatic carbocycles. The highest BCUT2D eigenvalue weighted by atomic mass is 16.6. The van der Waals surface area contributed by atoms with Crippen molar-refractivity contribution in [3.05, 3.63) is 24.9 Å². The maximum atomic E-state index is 5.62. The Morgan fingerprint density at radius 3 is 3.24 bits per heavy atom. The summed E-state index contributed by atoms with van der Waals surface area (Å²) < 4.78 is 13.1. The first-order valence-corrected chi connectivity index (χ1v) is 5.63. The molecule has 0 aliphatic carbocycles. The molecule has 1 fully saturated rings. The molecule has 0 radical (unpaired) electrons. The molecular weight excluding hydrogens is 220 g/mol. The average Bonchev–Trinajstić information content (AvgIpc) is 3.00. The summed E-state index contributed by atoms with van der Waals surface area (Å²) in [6.07, 6.45) is 7.22. The largest absolute Gasteiger partial charge is 0.376 e. The summed E-state index contributed by atoms with van der Waals surface area (Å²) in [6, 6.07) is 0. The van der Waals surface area contributed by atoms with E-state index in [1.807, 2.05) is 10.8 Å². The zero-order chi connectivity index (χ0) is 11.5. The summed E-state index contributed by atoms with van der Waals surface area (Å²) in [4.78, 5) is 11.4. The van der Waals surface area contributed by atoms with Crippen LogP contribution in [-0.2, 0) is 16.0 Å². The van der Waals surface area contributed by atoms with Gasteiger partial charge in [-0.2, -0.15) is 0 Å². The van der Waals surface area contributed by atoms with Crippen LogP contribution in [0.5, 0.6) is 0 Å². The number of nitrogens with zero attached hydrogens (tertiary/aromatic N) is 3. The van der Waals surface area contributed by atoms with Gasteiger partial charge in [-0.1, -0.05) is 0 Å². The number of imidazole rings is 2. The second-order valence-corrected chi connectivity index (χ2v) is 3.94. The highest BCUT2D eigenvalue weighted by molar-refractivity contribution is 5.47. The molecule has 3 heterocycles. The van der Waals surface area contributed by atoms with Crippen molar-refractivity contribution in [1.29, 1.82) is 0 Å². The third kappa shape index (κ3) is 2.22. The van der Waals surface area contributed by atoms with Crippen molar-refractivity contribution >= 4 is 0 Å². The molecule has 3 rings (SSSR count). The number of H-pyrrole nitrogens is 1. The molecule has 1 N–H and O–H groups in total. The molecule has 1 unspecified atom stereocenters. The average molecular weight is 234 g/mol. The molecule has 1 saturated heterocycles. The predicted octanol–water partition coefficient (Wildman–Crippen LogP) is 0.689. The standard InChI is InChI=1S/C11H14N4O2/c1-2-15(6-9-7-16-3-4-17-9)11(13-1)10-5-12-8-14-10/h1-2,5,8-9H,3-4,6-7H2,(H,12,14). The van der Waals surface area contributed by atoms with Gasteiger partial charge in [0.05, 0.1) is 45.0 Å². The molecule has 1 aliphatic rings. The van der Waals surface area contributed by atoms with Gasteiger partial charge in [-0.3, -0.25) is 0 Å². The van der Waals surface area contributed by atoms with E-state index < -0.39 is 0 Å².